The molecule has 0 saturated heterocycles. The summed E-state index contributed by atoms with van der Waals surface area (Å²) in [6, 6.07) is 25.0. The molecule has 0 bridgehead atoms. The van der Waals surface area contributed by atoms with Gasteiger partial charge in [-0.25, -0.2) is 4.98 Å². The number of halogens is 1. The lowest BCUT2D eigenvalue weighted by Gasteiger charge is -2.30. The van der Waals surface area contributed by atoms with Gasteiger partial charge in [-0.15, -0.1) is 11.8 Å². The van der Waals surface area contributed by atoms with E-state index < -0.39 is 6.10 Å². The Morgan fingerprint density at radius 3 is 2.27 bits per heavy atom. The van der Waals surface area contributed by atoms with Gasteiger partial charge >= 0.3 is 0 Å². The molecule has 0 radical (unpaired) electrons. The maximum atomic E-state index is 11.2. The Bertz CT molecular complexity index is 1470. The summed E-state index contributed by atoms with van der Waals surface area (Å²) in [5.74, 6) is 2.78. The van der Waals surface area contributed by atoms with Crippen LogP contribution < -0.4 is 15.5 Å². The molecule has 3 aromatic carbocycles. The number of fused-ring (bicyclic) bond motifs is 1. The minimum Gasteiger partial charge on any atom is -0.388 e. The van der Waals surface area contributed by atoms with E-state index in [1.54, 1.807) is 0 Å². The standard InChI is InChI=1S/C36H46ClN5OS/c1-24(2)26-11-13-27(14-12-26)34(43)21-31(44-30-19-15-28(37)16-20-30)23-38-22-25-9-17-29(18-10-25)39-36-40-33-8-6-5-7-32(33)35(41-36)42(3)4/h5-8,11-16,19-20,24-25,29,31,34,38,43H,9-10,17-18,21-23H2,1-4H3,(H,39,40,41)/t25-,29+,31?,34?. The first-order chi connectivity index (χ1) is 21.2. The Labute approximate surface area is 272 Å². The number of para-hydroxylation sites is 1. The molecule has 1 fully saturated rings. The van der Waals surface area contributed by atoms with Crippen LogP contribution in [0.1, 0.15) is 69.1 Å². The Hall–Kier alpha value is -2.84. The van der Waals surface area contributed by atoms with E-state index in [9.17, 15) is 5.11 Å². The second-order valence-corrected chi connectivity index (χ2v) is 14.4. The number of benzene rings is 3. The van der Waals surface area contributed by atoms with Gasteiger partial charge in [-0.05, 0) is 98.0 Å². The molecular formula is C36H46ClN5OS. The lowest BCUT2D eigenvalue weighted by molar-refractivity contribution is 0.166. The van der Waals surface area contributed by atoms with Crippen molar-refractivity contribution in [2.45, 2.75) is 74.2 Å². The number of anilines is 2. The van der Waals surface area contributed by atoms with Crippen LogP contribution in [-0.2, 0) is 0 Å². The summed E-state index contributed by atoms with van der Waals surface area (Å²) in [5.41, 5.74) is 3.24. The molecular weight excluding hydrogens is 586 g/mol. The van der Waals surface area contributed by atoms with Crippen LogP contribution in [0.15, 0.2) is 77.7 Å². The summed E-state index contributed by atoms with van der Waals surface area (Å²) in [7, 11) is 4.06. The Kier molecular flexibility index (Phi) is 11.4. The zero-order chi connectivity index (χ0) is 31.1. The molecule has 0 aliphatic heterocycles. The van der Waals surface area contributed by atoms with Gasteiger partial charge in [0.2, 0.25) is 5.95 Å². The average Bonchev–Trinajstić information content (AvgIpc) is 3.02. The first-order valence-electron chi connectivity index (χ1n) is 15.9. The van der Waals surface area contributed by atoms with Crippen molar-refractivity contribution < 1.29 is 5.11 Å². The van der Waals surface area contributed by atoms with Gasteiger partial charge in [0.1, 0.15) is 5.82 Å². The quantitative estimate of drug-likeness (QED) is 0.128. The van der Waals surface area contributed by atoms with Crippen LogP contribution in [0.25, 0.3) is 10.9 Å². The van der Waals surface area contributed by atoms with Crippen LogP contribution in [0.3, 0.4) is 0 Å². The van der Waals surface area contributed by atoms with Crippen molar-refractivity contribution in [2.24, 2.45) is 5.92 Å². The number of nitrogens with zero attached hydrogens (tertiary/aromatic N) is 3. The van der Waals surface area contributed by atoms with Gasteiger partial charge in [-0.2, -0.15) is 4.98 Å². The third kappa shape index (κ3) is 8.87. The Morgan fingerprint density at radius 2 is 1.59 bits per heavy atom. The van der Waals surface area contributed by atoms with Crippen molar-refractivity contribution in [3.8, 4) is 0 Å². The van der Waals surface area contributed by atoms with Crippen LogP contribution in [0, 0.1) is 5.92 Å². The van der Waals surface area contributed by atoms with Crippen LogP contribution in [0.2, 0.25) is 5.02 Å². The van der Waals surface area contributed by atoms with Crippen LogP contribution in [0.4, 0.5) is 11.8 Å². The topological polar surface area (TPSA) is 73.3 Å². The highest BCUT2D eigenvalue weighted by atomic mass is 35.5. The molecule has 4 aromatic rings. The van der Waals surface area contributed by atoms with Gasteiger partial charge in [0, 0.05) is 47.2 Å². The molecule has 1 aliphatic rings. The Morgan fingerprint density at radius 1 is 0.909 bits per heavy atom. The third-order valence-electron chi connectivity index (χ3n) is 8.58. The van der Waals surface area contributed by atoms with E-state index >= 15 is 0 Å². The zero-order valence-corrected chi connectivity index (χ0v) is 27.9. The van der Waals surface area contributed by atoms with Gasteiger partial charge < -0.3 is 20.6 Å². The lowest BCUT2D eigenvalue weighted by Crippen LogP contribution is -2.34. The number of hydrogen-bond acceptors (Lipinski definition) is 7. The molecule has 44 heavy (non-hydrogen) atoms. The summed E-state index contributed by atoms with van der Waals surface area (Å²) in [6.45, 7) is 6.21. The van der Waals surface area contributed by atoms with Crippen LogP contribution in [-0.4, -0.2) is 53.6 Å². The highest BCUT2D eigenvalue weighted by molar-refractivity contribution is 8.00. The summed E-state index contributed by atoms with van der Waals surface area (Å²) < 4.78 is 0. The highest BCUT2D eigenvalue weighted by Crippen LogP contribution is 2.32. The smallest absolute Gasteiger partial charge is 0.225 e. The molecule has 0 spiro atoms. The first kappa shape index (κ1) is 32.6. The van der Waals surface area contributed by atoms with Gasteiger partial charge in [-0.3, -0.25) is 0 Å². The number of aliphatic hydroxyl groups is 1. The number of aliphatic hydroxyl groups excluding tert-OH is 1. The second kappa shape index (κ2) is 15.4. The van der Waals surface area contributed by atoms with Crippen molar-refractivity contribution in [2.75, 3.05) is 37.4 Å². The maximum absolute atomic E-state index is 11.2. The summed E-state index contributed by atoms with van der Waals surface area (Å²) in [4.78, 5) is 12.9. The summed E-state index contributed by atoms with van der Waals surface area (Å²) in [6.07, 6.45) is 4.71. The van der Waals surface area contributed by atoms with E-state index in [2.05, 4.69) is 77.9 Å². The van der Waals surface area contributed by atoms with Crippen molar-refractivity contribution in [3.05, 3.63) is 88.9 Å². The second-order valence-electron chi connectivity index (χ2n) is 12.6. The summed E-state index contributed by atoms with van der Waals surface area (Å²) in [5, 5.41) is 20.6. The van der Waals surface area contributed by atoms with Crippen LogP contribution in [0.5, 0.6) is 0 Å². The van der Waals surface area contributed by atoms with Gasteiger partial charge in [-0.1, -0.05) is 61.8 Å². The molecule has 234 valence electrons. The molecule has 6 nitrogen and oxygen atoms in total. The molecule has 8 heteroatoms. The molecule has 2 atom stereocenters. The van der Waals surface area contributed by atoms with Crippen LogP contribution >= 0.6 is 23.4 Å². The molecule has 3 N–H and O–H groups in total. The summed E-state index contributed by atoms with van der Waals surface area (Å²) >= 11 is 7.95. The van der Waals surface area contributed by atoms with E-state index in [0.29, 0.717) is 30.2 Å². The minimum atomic E-state index is -0.505. The van der Waals surface area contributed by atoms with Crippen molar-refractivity contribution >= 4 is 46.0 Å². The van der Waals surface area contributed by atoms with Crippen molar-refractivity contribution in [3.63, 3.8) is 0 Å². The van der Waals surface area contributed by atoms with Gasteiger partial charge in [0.15, 0.2) is 0 Å². The number of rotatable bonds is 13. The van der Waals surface area contributed by atoms with Crippen molar-refractivity contribution in [1.29, 1.82) is 0 Å². The number of nitrogens with one attached hydrogen (secondary N) is 2. The SMILES string of the molecule is CC(C)c1ccc(C(O)CC(CNC[C@H]2CC[C@@H](Nc3nc(N(C)C)c4ccccc4n3)CC2)Sc2ccc(Cl)cc2)cc1. The normalized spacial score (nSPS) is 18.3. The first-order valence-corrected chi connectivity index (χ1v) is 17.1. The lowest BCUT2D eigenvalue weighted by atomic mass is 9.86. The average molecular weight is 632 g/mol. The molecule has 1 aromatic heterocycles. The highest BCUT2D eigenvalue weighted by Gasteiger charge is 2.23. The van der Waals surface area contributed by atoms with Gasteiger partial charge in [0.25, 0.3) is 0 Å². The number of aromatic nitrogens is 2. The third-order valence-corrected chi connectivity index (χ3v) is 10.1. The fourth-order valence-corrected chi connectivity index (χ4v) is 7.26. The number of hydrogen-bond donors (Lipinski definition) is 3. The molecule has 2 unspecified atom stereocenters. The molecule has 1 aliphatic carbocycles. The monoisotopic (exact) mass is 631 g/mol. The fourth-order valence-electron chi connectivity index (χ4n) is 5.97. The van der Waals surface area contributed by atoms with Gasteiger partial charge in [0.05, 0.1) is 11.6 Å². The van der Waals surface area contributed by atoms with E-state index in [1.807, 2.05) is 50.1 Å². The predicted molar refractivity (Wildman–Crippen MR) is 187 cm³/mol. The minimum absolute atomic E-state index is 0.227. The largest absolute Gasteiger partial charge is 0.388 e. The van der Waals surface area contributed by atoms with E-state index in [-0.39, 0.29) is 5.25 Å². The molecule has 1 heterocycles. The Balaban J connectivity index is 1.14. The van der Waals surface area contributed by atoms with E-state index in [4.69, 9.17) is 21.6 Å². The van der Waals surface area contributed by atoms with Crippen molar-refractivity contribution in [1.82, 2.24) is 15.3 Å². The predicted octanol–water partition coefficient (Wildman–Crippen LogP) is 8.32. The van der Waals surface area contributed by atoms with E-state index in [1.165, 1.54) is 23.3 Å². The fraction of sp³-hybridized carbons (Fsp3) is 0.444. The molecule has 1 saturated carbocycles. The zero-order valence-electron chi connectivity index (χ0n) is 26.3. The van der Waals surface area contributed by atoms with E-state index in [0.717, 1.165) is 53.2 Å². The molecule has 0 amide bonds. The number of thioether (sulfide) groups is 1. The molecule has 5 rings (SSSR count). The maximum Gasteiger partial charge on any atom is 0.225 e.